The van der Waals surface area contributed by atoms with Gasteiger partial charge < -0.3 is 9.47 Å². The van der Waals surface area contributed by atoms with Crippen molar-refractivity contribution in [2.75, 3.05) is 0 Å². The highest BCUT2D eigenvalue weighted by molar-refractivity contribution is 7.90. The van der Waals surface area contributed by atoms with Gasteiger partial charge in [0.1, 0.15) is 17.2 Å². The Bertz CT molecular complexity index is 1160. The van der Waals surface area contributed by atoms with Crippen LogP contribution in [0.1, 0.15) is 34.7 Å². The number of nitrogens with one attached hydrogen (secondary N) is 1. The Morgan fingerprint density at radius 1 is 0.903 bits per heavy atom. The van der Waals surface area contributed by atoms with Gasteiger partial charge >= 0.3 is 5.97 Å². The summed E-state index contributed by atoms with van der Waals surface area (Å²) in [6.07, 6.45) is 0.797. The first kappa shape index (κ1) is 22.0. The molecule has 0 saturated heterocycles. The monoisotopic (exact) mass is 440 g/mol. The molecule has 2 aromatic carbocycles. The summed E-state index contributed by atoms with van der Waals surface area (Å²) in [6, 6.07) is 17.3. The van der Waals surface area contributed by atoms with Crippen LogP contribution in [0, 0.1) is 0 Å². The summed E-state index contributed by atoms with van der Waals surface area (Å²) in [6.45, 7) is 3.40. The molecule has 0 unspecified atom stereocenters. The first-order valence-corrected chi connectivity index (χ1v) is 10.8. The molecular formula is C22H20N2O6S. The summed E-state index contributed by atoms with van der Waals surface area (Å²) in [5, 5.41) is 0. The molecule has 1 N–H and O–H groups in total. The molecule has 3 rings (SSSR count). The van der Waals surface area contributed by atoms with E-state index < -0.39 is 21.9 Å². The van der Waals surface area contributed by atoms with Gasteiger partial charge in [-0.05, 0) is 62.4 Å². The quantitative estimate of drug-likeness (QED) is 0.559. The first-order chi connectivity index (χ1) is 14.7. The highest BCUT2D eigenvalue weighted by Gasteiger charge is 2.20. The van der Waals surface area contributed by atoms with Crippen molar-refractivity contribution in [1.29, 1.82) is 0 Å². The molecular weight excluding hydrogens is 420 g/mol. The lowest BCUT2D eigenvalue weighted by atomic mass is 10.2. The van der Waals surface area contributed by atoms with Gasteiger partial charge in [0.05, 0.1) is 16.6 Å². The van der Waals surface area contributed by atoms with Gasteiger partial charge in [0, 0.05) is 6.20 Å². The van der Waals surface area contributed by atoms with E-state index in [9.17, 15) is 18.0 Å². The van der Waals surface area contributed by atoms with Crippen LogP contribution >= 0.6 is 0 Å². The largest absolute Gasteiger partial charge is 0.458 e. The number of carbonyl (C=O) groups excluding carboxylic acids is 2. The summed E-state index contributed by atoms with van der Waals surface area (Å²) < 4.78 is 37.6. The van der Waals surface area contributed by atoms with Gasteiger partial charge in [-0.1, -0.05) is 18.2 Å². The Balaban J connectivity index is 1.67. The zero-order valence-corrected chi connectivity index (χ0v) is 17.6. The van der Waals surface area contributed by atoms with Crippen LogP contribution in [0.3, 0.4) is 0 Å². The van der Waals surface area contributed by atoms with Crippen LogP contribution in [0.25, 0.3) is 0 Å². The van der Waals surface area contributed by atoms with E-state index in [0.29, 0.717) is 11.5 Å². The minimum absolute atomic E-state index is 0.0158. The van der Waals surface area contributed by atoms with E-state index in [4.69, 9.17) is 9.47 Å². The third-order valence-corrected chi connectivity index (χ3v) is 5.26. The van der Waals surface area contributed by atoms with Gasteiger partial charge in [0.2, 0.25) is 0 Å². The van der Waals surface area contributed by atoms with E-state index >= 15 is 0 Å². The number of amides is 1. The van der Waals surface area contributed by atoms with Crippen LogP contribution in [0.4, 0.5) is 0 Å². The van der Waals surface area contributed by atoms with Gasteiger partial charge in [0.15, 0.2) is 0 Å². The number of rotatable bonds is 7. The van der Waals surface area contributed by atoms with Crippen molar-refractivity contribution < 1.29 is 27.5 Å². The normalized spacial score (nSPS) is 11.1. The Labute approximate surface area is 179 Å². The lowest BCUT2D eigenvalue weighted by molar-refractivity contribution is 0.0370. The maximum absolute atomic E-state index is 12.5. The molecule has 1 aromatic heterocycles. The number of ether oxygens (including phenoxy) is 2. The standard InChI is InChI=1S/C22H20N2O6S/c1-15(2)29-22(26)20-13-8-16(14-23-20)21(25)24-31(27,28)19-11-9-18(10-12-19)30-17-6-4-3-5-7-17/h3-15H,1-2H3,(H,24,25). The van der Waals surface area contributed by atoms with Crippen LogP contribution in [-0.2, 0) is 14.8 Å². The van der Waals surface area contributed by atoms with E-state index in [0.717, 1.165) is 6.20 Å². The van der Waals surface area contributed by atoms with Crippen molar-refractivity contribution in [3.8, 4) is 11.5 Å². The molecule has 0 aliphatic heterocycles. The molecule has 0 aliphatic rings. The second kappa shape index (κ2) is 9.40. The van der Waals surface area contributed by atoms with E-state index in [2.05, 4.69) is 4.98 Å². The number of esters is 1. The fourth-order valence-corrected chi connectivity index (χ4v) is 3.45. The maximum Gasteiger partial charge on any atom is 0.357 e. The zero-order valence-electron chi connectivity index (χ0n) is 16.8. The third kappa shape index (κ3) is 5.89. The molecule has 8 nitrogen and oxygen atoms in total. The maximum atomic E-state index is 12.5. The molecule has 3 aromatic rings. The van der Waals surface area contributed by atoms with Crippen LogP contribution in [-0.4, -0.2) is 31.4 Å². The fraction of sp³-hybridized carbons (Fsp3) is 0.136. The van der Waals surface area contributed by atoms with Gasteiger partial charge in [-0.2, -0.15) is 0 Å². The molecule has 160 valence electrons. The predicted molar refractivity (Wildman–Crippen MR) is 112 cm³/mol. The molecule has 0 radical (unpaired) electrons. The molecule has 0 spiro atoms. The first-order valence-electron chi connectivity index (χ1n) is 9.32. The second-order valence-corrected chi connectivity index (χ2v) is 8.39. The van der Waals surface area contributed by atoms with E-state index in [1.54, 1.807) is 26.0 Å². The van der Waals surface area contributed by atoms with Crippen molar-refractivity contribution >= 4 is 21.9 Å². The van der Waals surface area contributed by atoms with Gasteiger partial charge in [0.25, 0.3) is 15.9 Å². The molecule has 0 bridgehead atoms. The lowest BCUT2D eigenvalue weighted by Crippen LogP contribution is -2.30. The zero-order chi connectivity index (χ0) is 22.4. The Kier molecular flexibility index (Phi) is 6.66. The van der Waals surface area contributed by atoms with Gasteiger partial charge in [-0.3, -0.25) is 4.79 Å². The number of nitrogens with zero attached hydrogens (tertiary/aromatic N) is 1. The van der Waals surface area contributed by atoms with Crippen LogP contribution in [0.2, 0.25) is 0 Å². The fourth-order valence-electron chi connectivity index (χ4n) is 2.47. The SMILES string of the molecule is CC(C)OC(=O)c1ccc(C(=O)NS(=O)(=O)c2ccc(Oc3ccccc3)cc2)cn1. The van der Waals surface area contributed by atoms with Gasteiger partial charge in [-0.25, -0.2) is 22.9 Å². The third-order valence-electron chi connectivity index (χ3n) is 3.92. The minimum atomic E-state index is -4.11. The predicted octanol–water partition coefficient (Wildman–Crippen LogP) is 3.56. The molecule has 0 atom stereocenters. The summed E-state index contributed by atoms with van der Waals surface area (Å²) in [5.74, 6) is -0.447. The smallest absolute Gasteiger partial charge is 0.357 e. The summed E-state index contributed by atoms with van der Waals surface area (Å²) in [4.78, 5) is 27.9. The van der Waals surface area contributed by atoms with Crippen molar-refractivity contribution in [3.63, 3.8) is 0 Å². The van der Waals surface area contributed by atoms with Crippen molar-refractivity contribution in [2.24, 2.45) is 0 Å². The summed E-state index contributed by atoms with van der Waals surface area (Å²) >= 11 is 0. The Morgan fingerprint density at radius 3 is 2.13 bits per heavy atom. The highest BCUT2D eigenvalue weighted by atomic mass is 32.2. The number of benzene rings is 2. The number of para-hydroxylation sites is 1. The number of hydrogen-bond acceptors (Lipinski definition) is 7. The minimum Gasteiger partial charge on any atom is -0.458 e. The number of carbonyl (C=O) groups is 2. The van der Waals surface area contributed by atoms with Crippen molar-refractivity contribution in [2.45, 2.75) is 24.8 Å². The number of aromatic nitrogens is 1. The average molecular weight is 440 g/mol. The van der Waals surface area contributed by atoms with E-state index in [1.807, 2.05) is 22.9 Å². The molecule has 0 fully saturated rings. The molecule has 0 saturated carbocycles. The van der Waals surface area contributed by atoms with Crippen LogP contribution < -0.4 is 9.46 Å². The number of sulfonamides is 1. The molecule has 31 heavy (non-hydrogen) atoms. The number of pyridine rings is 1. The topological polar surface area (TPSA) is 112 Å². The number of hydrogen-bond donors (Lipinski definition) is 1. The Morgan fingerprint density at radius 2 is 1.55 bits per heavy atom. The average Bonchev–Trinajstić information content (AvgIpc) is 2.74. The molecule has 0 aliphatic carbocycles. The van der Waals surface area contributed by atoms with Crippen LogP contribution in [0.15, 0.2) is 77.8 Å². The van der Waals surface area contributed by atoms with Gasteiger partial charge in [-0.15, -0.1) is 0 Å². The lowest BCUT2D eigenvalue weighted by Gasteiger charge is -2.09. The summed E-state index contributed by atoms with van der Waals surface area (Å²) in [7, 11) is -4.11. The Hall–Kier alpha value is -3.72. The second-order valence-electron chi connectivity index (χ2n) is 6.71. The van der Waals surface area contributed by atoms with E-state index in [-0.39, 0.29) is 22.3 Å². The summed E-state index contributed by atoms with van der Waals surface area (Å²) in [5.41, 5.74) is -0.00387. The molecule has 9 heteroatoms. The van der Waals surface area contributed by atoms with Crippen LogP contribution in [0.5, 0.6) is 11.5 Å². The highest BCUT2D eigenvalue weighted by Crippen LogP contribution is 2.22. The van der Waals surface area contributed by atoms with Crippen molar-refractivity contribution in [3.05, 3.63) is 84.2 Å². The molecule has 1 amide bonds. The van der Waals surface area contributed by atoms with Crippen molar-refractivity contribution in [1.82, 2.24) is 9.71 Å². The molecule has 1 heterocycles. The van der Waals surface area contributed by atoms with E-state index in [1.165, 1.54) is 36.4 Å².